The van der Waals surface area contributed by atoms with Gasteiger partial charge in [-0.15, -0.1) is 0 Å². The fourth-order valence-corrected chi connectivity index (χ4v) is 5.77. The number of hydrogen-bond acceptors (Lipinski definition) is 6. The fraction of sp³-hybridized carbons (Fsp3) is 0.370. The van der Waals surface area contributed by atoms with Gasteiger partial charge in [-0.3, -0.25) is 4.79 Å². The average Bonchev–Trinajstić information content (AvgIpc) is 3.44. The van der Waals surface area contributed by atoms with E-state index in [2.05, 4.69) is 36.0 Å². The fourth-order valence-electron chi connectivity index (χ4n) is 5.77. The van der Waals surface area contributed by atoms with Crippen molar-refractivity contribution in [1.82, 2.24) is 9.47 Å². The first-order valence-corrected chi connectivity index (χ1v) is 12.7. The van der Waals surface area contributed by atoms with Crippen LogP contribution in [0.1, 0.15) is 42.7 Å². The summed E-state index contributed by atoms with van der Waals surface area (Å²) in [7, 11) is 0. The Balaban J connectivity index is 1.49. The summed E-state index contributed by atoms with van der Waals surface area (Å²) < 4.78 is 13.3. The van der Waals surface area contributed by atoms with Crippen LogP contribution >= 0.6 is 0 Å². The van der Waals surface area contributed by atoms with Crippen molar-refractivity contribution in [3.05, 3.63) is 92.9 Å². The van der Waals surface area contributed by atoms with Gasteiger partial charge in [-0.2, -0.15) is 0 Å². The Morgan fingerprint density at radius 2 is 1.85 bits per heavy atom. The maximum absolute atomic E-state index is 13.8. The molecular weight excluding hydrogens is 498 g/mol. The topological polar surface area (TPSA) is 153 Å². The molecule has 0 saturated carbocycles. The van der Waals surface area contributed by atoms with Gasteiger partial charge < -0.3 is 24.3 Å². The molecule has 2 aliphatic heterocycles. The van der Waals surface area contributed by atoms with Crippen molar-refractivity contribution in [2.24, 2.45) is 10.2 Å². The Morgan fingerprint density at radius 1 is 1.08 bits per heavy atom. The van der Waals surface area contributed by atoms with Crippen LogP contribution in [-0.2, 0) is 5.54 Å². The first-order chi connectivity index (χ1) is 18.9. The van der Waals surface area contributed by atoms with Gasteiger partial charge >= 0.3 is 0 Å². The normalized spacial score (nSPS) is 21.0. The lowest BCUT2D eigenvalue weighted by Gasteiger charge is -2.54. The van der Waals surface area contributed by atoms with Crippen LogP contribution in [0.2, 0.25) is 0 Å². The van der Waals surface area contributed by atoms with Gasteiger partial charge in [0, 0.05) is 52.0 Å². The molecule has 0 radical (unpaired) electrons. The lowest BCUT2D eigenvalue weighted by molar-refractivity contribution is 0.0237. The number of aromatic nitrogens is 1. The van der Waals surface area contributed by atoms with Gasteiger partial charge in [-0.25, -0.2) is 0 Å². The molecule has 1 saturated heterocycles. The summed E-state index contributed by atoms with van der Waals surface area (Å²) in [6.07, 6.45) is 3.16. The molecule has 1 spiro atoms. The Morgan fingerprint density at radius 3 is 2.59 bits per heavy atom. The number of ether oxygens (including phenoxy) is 2. The maximum Gasteiger partial charge on any atom is 0.254 e. The van der Waals surface area contributed by atoms with Gasteiger partial charge in [0.1, 0.15) is 11.5 Å². The molecule has 12 nitrogen and oxygen atoms in total. The van der Waals surface area contributed by atoms with Crippen LogP contribution in [0.3, 0.4) is 0 Å². The Kier molecular flexibility index (Phi) is 6.98. The molecule has 3 aromatic rings. The Bertz CT molecular complexity index is 1470. The number of fused-ring (bicyclic) bond motifs is 4. The van der Waals surface area contributed by atoms with E-state index < -0.39 is 11.1 Å². The molecular formula is C27H29N9O3. The highest BCUT2D eigenvalue weighted by atomic mass is 16.5. The standard InChI is InChI=1S/C27H29N9O3/c1-3-38-20-8-6-19(7-9-20)25(37)36-14-12-27(16-26(36,2)17-30-33-28)24-5-4-13-35(24)23-11-10-21(15-22(23)32-27)39-18-31-34-29/h4-11,13,15,32H,3,12,14,16-18H2,1-2H3. The summed E-state index contributed by atoms with van der Waals surface area (Å²) in [5.41, 5.74) is 19.9. The number of nitrogens with one attached hydrogen (secondary N) is 1. The second kappa shape index (κ2) is 10.5. The second-order valence-corrected chi connectivity index (χ2v) is 9.88. The molecule has 0 aliphatic carbocycles. The van der Waals surface area contributed by atoms with Crippen LogP contribution in [0.5, 0.6) is 11.5 Å². The molecule has 1 amide bonds. The van der Waals surface area contributed by atoms with Crippen molar-refractivity contribution in [1.29, 1.82) is 0 Å². The number of anilines is 1. The third-order valence-electron chi connectivity index (χ3n) is 7.42. The van der Waals surface area contributed by atoms with E-state index in [1.54, 1.807) is 24.3 Å². The minimum atomic E-state index is -0.768. The first kappa shape index (κ1) is 25.8. The lowest BCUT2D eigenvalue weighted by Crippen LogP contribution is -2.62. The quantitative estimate of drug-likeness (QED) is 0.212. The number of nitrogens with zero attached hydrogens (tertiary/aromatic N) is 8. The molecule has 0 bridgehead atoms. The SMILES string of the molecule is CCOc1ccc(C(=O)N2CCC3(CC2(C)CN=[N+]=[N-])Nc2cc(OCN=[N+]=[N-])ccc2-n2cccc23)cc1. The number of piperidine rings is 1. The number of carbonyl (C=O) groups is 1. The Labute approximate surface area is 225 Å². The molecule has 2 aromatic carbocycles. The van der Waals surface area contributed by atoms with Crippen LogP contribution in [0.25, 0.3) is 26.6 Å². The van der Waals surface area contributed by atoms with Crippen molar-refractivity contribution < 1.29 is 14.3 Å². The second-order valence-electron chi connectivity index (χ2n) is 9.88. The van der Waals surface area contributed by atoms with E-state index in [9.17, 15) is 10.3 Å². The van der Waals surface area contributed by atoms with Gasteiger partial charge in [0.25, 0.3) is 5.91 Å². The van der Waals surface area contributed by atoms with E-state index in [4.69, 9.17) is 15.0 Å². The Hall–Kier alpha value is -4.79. The third-order valence-corrected chi connectivity index (χ3v) is 7.42. The minimum Gasteiger partial charge on any atom is -0.494 e. The molecule has 2 atom stereocenters. The predicted molar refractivity (Wildman–Crippen MR) is 146 cm³/mol. The van der Waals surface area contributed by atoms with Crippen LogP contribution < -0.4 is 14.8 Å². The molecule has 5 rings (SSSR count). The zero-order valence-electron chi connectivity index (χ0n) is 21.8. The van der Waals surface area contributed by atoms with Crippen LogP contribution in [-0.4, -0.2) is 47.3 Å². The predicted octanol–water partition coefficient (Wildman–Crippen LogP) is 6.15. The summed E-state index contributed by atoms with van der Waals surface area (Å²) in [4.78, 5) is 21.3. The maximum atomic E-state index is 13.8. The molecule has 1 N–H and O–H groups in total. The van der Waals surface area contributed by atoms with Gasteiger partial charge in [-0.05, 0) is 86.3 Å². The van der Waals surface area contributed by atoms with Crippen molar-refractivity contribution in [3.63, 3.8) is 0 Å². The molecule has 1 aromatic heterocycles. The summed E-state index contributed by atoms with van der Waals surface area (Å²) in [6.45, 7) is 4.89. The monoisotopic (exact) mass is 527 g/mol. The van der Waals surface area contributed by atoms with Crippen LogP contribution in [0.15, 0.2) is 71.0 Å². The van der Waals surface area contributed by atoms with Crippen LogP contribution in [0.4, 0.5) is 5.69 Å². The number of amides is 1. The van der Waals surface area contributed by atoms with Gasteiger partial charge in [-0.1, -0.05) is 10.2 Å². The first-order valence-electron chi connectivity index (χ1n) is 12.7. The van der Waals surface area contributed by atoms with Gasteiger partial charge in [0.2, 0.25) is 0 Å². The smallest absolute Gasteiger partial charge is 0.254 e. The summed E-state index contributed by atoms with van der Waals surface area (Å²) in [5.74, 6) is 1.15. The molecule has 12 heteroatoms. The van der Waals surface area contributed by atoms with Crippen molar-refractivity contribution in [2.45, 2.75) is 37.8 Å². The number of likely N-dealkylation sites (tertiary alicyclic amines) is 1. The van der Waals surface area contributed by atoms with E-state index in [1.165, 1.54) is 0 Å². The average molecular weight is 528 g/mol. The summed E-state index contributed by atoms with van der Waals surface area (Å²) >= 11 is 0. The highest BCUT2D eigenvalue weighted by Gasteiger charge is 2.51. The van der Waals surface area contributed by atoms with E-state index >= 15 is 0 Å². The van der Waals surface area contributed by atoms with Crippen LogP contribution in [0, 0.1) is 0 Å². The van der Waals surface area contributed by atoms with E-state index in [0.717, 1.165) is 17.1 Å². The largest absolute Gasteiger partial charge is 0.494 e. The zero-order valence-corrected chi connectivity index (χ0v) is 21.8. The van der Waals surface area contributed by atoms with E-state index in [0.29, 0.717) is 43.1 Å². The van der Waals surface area contributed by atoms with E-state index in [1.807, 2.05) is 49.2 Å². The van der Waals surface area contributed by atoms with Gasteiger partial charge in [0.05, 0.1) is 23.5 Å². The number of azide groups is 2. The van der Waals surface area contributed by atoms with E-state index in [-0.39, 0.29) is 19.2 Å². The molecule has 39 heavy (non-hydrogen) atoms. The molecule has 2 unspecified atom stereocenters. The minimum absolute atomic E-state index is 0.109. The number of benzene rings is 2. The number of carbonyl (C=O) groups excluding carboxylic acids is 1. The van der Waals surface area contributed by atoms with Crippen molar-refractivity contribution in [2.75, 3.05) is 31.7 Å². The van der Waals surface area contributed by atoms with Gasteiger partial charge in [0.15, 0.2) is 6.73 Å². The third kappa shape index (κ3) is 4.79. The van der Waals surface area contributed by atoms with Crippen molar-refractivity contribution in [3.8, 4) is 17.2 Å². The zero-order chi connectivity index (χ0) is 27.5. The summed E-state index contributed by atoms with van der Waals surface area (Å²) in [5, 5.41) is 11.1. The highest BCUT2D eigenvalue weighted by Crippen LogP contribution is 2.49. The lowest BCUT2D eigenvalue weighted by atomic mass is 9.72. The number of hydrogen-bond donors (Lipinski definition) is 1. The summed E-state index contributed by atoms with van der Waals surface area (Å²) in [6, 6.07) is 16.9. The highest BCUT2D eigenvalue weighted by molar-refractivity contribution is 5.95. The molecule has 3 heterocycles. The molecule has 200 valence electrons. The molecule has 1 fully saturated rings. The molecule has 2 aliphatic rings. The van der Waals surface area contributed by atoms with Crippen molar-refractivity contribution >= 4 is 11.6 Å². The number of rotatable bonds is 8.